The van der Waals surface area contributed by atoms with E-state index in [-0.39, 0.29) is 29.6 Å². The first-order valence-corrected chi connectivity index (χ1v) is 2.13. The van der Waals surface area contributed by atoms with Crippen LogP contribution in [0.5, 0.6) is 0 Å². The number of carbonyl (C=O) groups is 1. The van der Waals surface area contributed by atoms with Gasteiger partial charge in [0, 0.05) is 29.6 Å². The van der Waals surface area contributed by atoms with Crippen LogP contribution in [0.1, 0.15) is 13.3 Å². The zero-order chi connectivity index (χ0) is 5.70. The molecule has 0 aliphatic rings. The van der Waals surface area contributed by atoms with Crippen LogP contribution < -0.4 is 0 Å². The Morgan fingerprint density at radius 3 is 2.38 bits per heavy atom. The van der Waals surface area contributed by atoms with Crippen molar-refractivity contribution in [2.75, 3.05) is 6.61 Å². The molecule has 0 saturated heterocycles. The van der Waals surface area contributed by atoms with Crippen molar-refractivity contribution < 1.29 is 14.6 Å². The fraction of sp³-hybridized carbons (Fsp3) is 0.750. The standard InChI is InChI=1S/C4H8O3.Na/c1-2-3-7-4(5)6;/h2-3H2,1H3,(H,5,6);. The number of rotatable bonds is 2. The zero-order valence-corrected chi connectivity index (χ0v) is 7.18. The Labute approximate surface area is 70.3 Å². The molecule has 0 heterocycles. The Bertz CT molecular complexity index is 64.3. The van der Waals surface area contributed by atoms with E-state index >= 15 is 0 Å². The van der Waals surface area contributed by atoms with Crippen molar-refractivity contribution in [3.8, 4) is 0 Å². The fourth-order valence-corrected chi connectivity index (χ4v) is 0.189. The first-order valence-electron chi connectivity index (χ1n) is 2.13. The van der Waals surface area contributed by atoms with Crippen molar-refractivity contribution in [3.63, 3.8) is 0 Å². The molecule has 4 heteroatoms. The first kappa shape index (κ1) is 11.1. The number of hydrogen-bond donors (Lipinski definition) is 1. The molecule has 0 fully saturated rings. The van der Waals surface area contributed by atoms with Gasteiger partial charge in [-0.3, -0.25) is 0 Å². The Balaban J connectivity index is 0. The van der Waals surface area contributed by atoms with Crippen LogP contribution in [0.15, 0.2) is 0 Å². The van der Waals surface area contributed by atoms with Gasteiger partial charge in [-0.05, 0) is 6.42 Å². The summed E-state index contributed by atoms with van der Waals surface area (Å²) in [6.45, 7) is 2.15. The van der Waals surface area contributed by atoms with E-state index < -0.39 is 6.16 Å². The van der Waals surface area contributed by atoms with E-state index in [2.05, 4.69) is 4.74 Å². The van der Waals surface area contributed by atoms with Gasteiger partial charge in [-0.25, -0.2) is 4.79 Å². The van der Waals surface area contributed by atoms with Gasteiger partial charge in [0.15, 0.2) is 0 Å². The number of hydrogen-bond acceptors (Lipinski definition) is 2. The minimum absolute atomic E-state index is 0. The van der Waals surface area contributed by atoms with E-state index in [0.717, 1.165) is 6.42 Å². The summed E-state index contributed by atoms with van der Waals surface area (Å²) in [6, 6.07) is 0. The predicted molar refractivity (Wildman–Crippen MR) is 30.0 cm³/mol. The second-order valence-electron chi connectivity index (χ2n) is 1.11. The molecule has 8 heavy (non-hydrogen) atoms. The van der Waals surface area contributed by atoms with E-state index in [1.807, 2.05) is 6.92 Å². The molecule has 0 rings (SSSR count). The maximum atomic E-state index is 9.54. The van der Waals surface area contributed by atoms with Gasteiger partial charge in [-0.2, -0.15) is 0 Å². The van der Waals surface area contributed by atoms with Crippen LogP contribution >= 0.6 is 0 Å². The van der Waals surface area contributed by atoms with Crippen LogP contribution in [-0.4, -0.2) is 47.4 Å². The fourth-order valence-electron chi connectivity index (χ4n) is 0.189. The van der Waals surface area contributed by atoms with Crippen molar-refractivity contribution in [1.82, 2.24) is 0 Å². The van der Waals surface area contributed by atoms with Crippen LogP contribution in [0.25, 0.3) is 0 Å². The molecule has 3 nitrogen and oxygen atoms in total. The van der Waals surface area contributed by atoms with E-state index in [4.69, 9.17) is 5.11 Å². The van der Waals surface area contributed by atoms with Crippen LogP contribution in [0.3, 0.4) is 0 Å². The van der Waals surface area contributed by atoms with E-state index in [0.29, 0.717) is 6.61 Å². The summed E-state index contributed by atoms with van der Waals surface area (Å²) in [5.74, 6) is 0. The maximum absolute atomic E-state index is 9.54. The monoisotopic (exact) mass is 127 g/mol. The molecule has 0 atom stereocenters. The molecule has 0 aromatic rings. The van der Waals surface area contributed by atoms with Crippen molar-refractivity contribution in [3.05, 3.63) is 0 Å². The third-order valence-electron chi connectivity index (χ3n) is 0.430. The van der Waals surface area contributed by atoms with Gasteiger partial charge in [0.25, 0.3) is 0 Å². The normalized spacial score (nSPS) is 7.12. The zero-order valence-electron chi connectivity index (χ0n) is 5.18. The van der Waals surface area contributed by atoms with Gasteiger partial charge in [-0.15, -0.1) is 0 Å². The van der Waals surface area contributed by atoms with Crippen LogP contribution in [0, 0.1) is 0 Å². The molecule has 0 aromatic carbocycles. The maximum Gasteiger partial charge on any atom is 0.505 e. The molecule has 43 valence electrons. The van der Waals surface area contributed by atoms with Gasteiger partial charge >= 0.3 is 6.16 Å². The SMILES string of the molecule is CCCOC(=O)O.[Na]. The Hall–Kier alpha value is 0.270. The average molecular weight is 127 g/mol. The van der Waals surface area contributed by atoms with Crippen molar-refractivity contribution in [2.24, 2.45) is 0 Å². The van der Waals surface area contributed by atoms with E-state index in [9.17, 15) is 4.79 Å². The molecule has 0 bridgehead atoms. The summed E-state index contributed by atoms with van der Waals surface area (Å²) in [4.78, 5) is 9.54. The Morgan fingerprint density at radius 1 is 1.75 bits per heavy atom. The summed E-state index contributed by atoms with van der Waals surface area (Å²) < 4.78 is 4.11. The van der Waals surface area contributed by atoms with Crippen LogP contribution in [0.4, 0.5) is 4.79 Å². The van der Waals surface area contributed by atoms with Crippen LogP contribution in [-0.2, 0) is 4.74 Å². The molecule has 0 amide bonds. The van der Waals surface area contributed by atoms with Crippen molar-refractivity contribution >= 4 is 35.7 Å². The molecule has 1 radical (unpaired) electrons. The molecule has 0 saturated carbocycles. The molecular weight excluding hydrogens is 119 g/mol. The second-order valence-corrected chi connectivity index (χ2v) is 1.11. The average Bonchev–Trinajstić information content (AvgIpc) is 1.61. The summed E-state index contributed by atoms with van der Waals surface area (Å²) >= 11 is 0. The smallest absolute Gasteiger partial charge is 0.450 e. The van der Waals surface area contributed by atoms with E-state index in [1.165, 1.54) is 0 Å². The molecule has 1 N–H and O–H groups in total. The van der Waals surface area contributed by atoms with Gasteiger partial charge in [0.1, 0.15) is 0 Å². The molecule has 0 aliphatic carbocycles. The summed E-state index contributed by atoms with van der Waals surface area (Å²) in [7, 11) is 0. The summed E-state index contributed by atoms with van der Waals surface area (Å²) in [5.41, 5.74) is 0. The third kappa shape index (κ3) is 9.55. The Morgan fingerprint density at radius 2 is 2.25 bits per heavy atom. The molecule has 0 aromatic heterocycles. The van der Waals surface area contributed by atoms with Crippen molar-refractivity contribution in [2.45, 2.75) is 13.3 Å². The number of carboxylic acid groups (broad SMARTS) is 1. The van der Waals surface area contributed by atoms with E-state index in [1.54, 1.807) is 0 Å². The Kier molecular flexibility index (Phi) is 10.1. The van der Waals surface area contributed by atoms with Crippen LogP contribution in [0.2, 0.25) is 0 Å². The number of ether oxygens (including phenoxy) is 1. The molecule has 0 aliphatic heterocycles. The second kappa shape index (κ2) is 7.27. The van der Waals surface area contributed by atoms with Gasteiger partial charge < -0.3 is 9.84 Å². The summed E-state index contributed by atoms with van der Waals surface area (Å²) in [6.07, 6.45) is -0.450. The van der Waals surface area contributed by atoms with Crippen molar-refractivity contribution in [1.29, 1.82) is 0 Å². The molecule has 0 unspecified atom stereocenters. The topological polar surface area (TPSA) is 46.5 Å². The summed E-state index contributed by atoms with van der Waals surface area (Å²) in [5, 5.41) is 7.82. The molecular formula is C4H8NaO3. The first-order chi connectivity index (χ1) is 3.27. The minimum Gasteiger partial charge on any atom is -0.450 e. The molecule has 0 spiro atoms. The van der Waals surface area contributed by atoms with Gasteiger partial charge in [0.2, 0.25) is 0 Å². The van der Waals surface area contributed by atoms with Gasteiger partial charge in [0.05, 0.1) is 6.61 Å². The predicted octanol–water partition coefficient (Wildman–Crippen LogP) is 0.710. The van der Waals surface area contributed by atoms with Gasteiger partial charge in [-0.1, -0.05) is 6.92 Å². The quantitative estimate of drug-likeness (QED) is 0.439. The largest absolute Gasteiger partial charge is 0.505 e. The minimum atomic E-state index is -1.19. The third-order valence-corrected chi connectivity index (χ3v) is 0.430.